The summed E-state index contributed by atoms with van der Waals surface area (Å²) in [7, 11) is 0. The highest BCUT2D eigenvalue weighted by Crippen LogP contribution is 2.13. The first-order valence-corrected chi connectivity index (χ1v) is 8.82. The number of unbranched alkanes of at least 4 members (excludes halogenated alkanes) is 3. The van der Waals surface area contributed by atoms with Crippen LogP contribution in [-0.2, 0) is 6.42 Å². The van der Waals surface area contributed by atoms with Crippen molar-refractivity contribution in [3.05, 3.63) is 33.4 Å². The third-order valence-electron chi connectivity index (χ3n) is 3.48. The van der Waals surface area contributed by atoms with Crippen molar-refractivity contribution in [1.29, 1.82) is 0 Å². The van der Waals surface area contributed by atoms with E-state index >= 15 is 0 Å². The lowest BCUT2D eigenvalue weighted by Crippen LogP contribution is -2.31. The van der Waals surface area contributed by atoms with Gasteiger partial charge in [0.25, 0.3) is 0 Å². The van der Waals surface area contributed by atoms with Gasteiger partial charge in [0.15, 0.2) is 0 Å². The summed E-state index contributed by atoms with van der Waals surface area (Å²) in [6.45, 7) is 5.66. The summed E-state index contributed by atoms with van der Waals surface area (Å²) >= 11 is 2.37. The molecule has 1 aromatic carbocycles. The second-order valence-corrected chi connectivity index (χ2v) is 6.58. The van der Waals surface area contributed by atoms with Crippen LogP contribution in [0.1, 0.15) is 57.9 Å². The summed E-state index contributed by atoms with van der Waals surface area (Å²) in [6.07, 6.45) is 9.15. The van der Waals surface area contributed by atoms with Crippen LogP contribution in [0, 0.1) is 3.57 Å². The zero-order valence-electron chi connectivity index (χ0n) is 12.4. The second-order valence-electron chi connectivity index (χ2n) is 5.33. The summed E-state index contributed by atoms with van der Waals surface area (Å²) in [5.41, 5.74) is 1.46. The van der Waals surface area contributed by atoms with Gasteiger partial charge in [-0.05, 0) is 66.1 Å². The first-order chi connectivity index (χ1) is 9.26. The maximum Gasteiger partial charge on any atom is 0.0130 e. The van der Waals surface area contributed by atoms with Crippen molar-refractivity contribution in [1.82, 2.24) is 5.32 Å². The van der Waals surface area contributed by atoms with Crippen molar-refractivity contribution in [2.45, 2.75) is 64.8 Å². The molecular weight excluding hydrogens is 345 g/mol. The van der Waals surface area contributed by atoms with Gasteiger partial charge >= 0.3 is 0 Å². The van der Waals surface area contributed by atoms with Gasteiger partial charge in [0.1, 0.15) is 0 Å². The molecule has 108 valence electrons. The molecule has 1 unspecified atom stereocenters. The molecule has 0 heterocycles. The van der Waals surface area contributed by atoms with E-state index in [0.29, 0.717) is 6.04 Å². The number of halogens is 1. The third-order valence-corrected chi connectivity index (χ3v) is 4.20. The van der Waals surface area contributed by atoms with Crippen LogP contribution in [0.4, 0.5) is 0 Å². The molecule has 0 aromatic heterocycles. The number of hydrogen-bond donors (Lipinski definition) is 1. The van der Waals surface area contributed by atoms with Gasteiger partial charge in [0, 0.05) is 9.61 Å². The molecule has 1 nitrogen and oxygen atoms in total. The molecular formula is C17H28IN. The quantitative estimate of drug-likeness (QED) is 0.441. The Balaban J connectivity index is 2.41. The fourth-order valence-electron chi connectivity index (χ4n) is 2.35. The molecule has 0 aliphatic carbocycles. The maximum atomic E-state index is 3.71. The van der Waals surface area contributed by atoms with E-state index in [4.69, 9.17) is 0 Å². The molecule has 1 N–H and O–H groups in total. The molecule has 0 radical (unpaired) electrons. The lowest BCUT2D eigenvalue weighted by Gasteiger charge is -2.18. The van der Waals surface area contributed by atoms with Crippen LogP contribution in [-0.4, -0.2) is 12.6 Å². The van der Waals surface area contributed by atoms with Crippen molar-refractivity contribution in [3.8, 4) is 0 Å². The fourth-order valence-corrected chi connectivity index (χ4v) is 2.71. The largest absolute Gasteiger partial charge is 0.314 e. The van der Waals surface area contributed by atoms with E-state index in [2.05, 4.69) is 66.0 Å². The second kappa shape index (κ2) is 10.7. The first-order valence-electron chi connectivity index (χ1n) is 7.74. The Kier molecular flexibility index (Phi) is 9.52. The Morgan fingerprint density at radius 1 is 1.00 bits per heavy atom. The molecule has 1 aromatic rings. The summed E-state index contributed by atoms with van der Waals surface area (Å²) in [6, 6.07) is 9.62. The molecule has 0 saturated heterocycles. The zero-order chi connectivity index (χ0) is 13.9. The Morgan fingerprint density at radius 2 is 1.74 bits per heavy atom. The van der Waals surface area contributed by atoms with Crippen molar-refractivity contribution < 1.29 is 0 Å². The normalized spacial score (nSPS) is 12.6. The minimum Gasteiger partial charge on any atom is -0.314 e. The Hall–Kier alpha value is -0.0900. The van der Waals surface area contributed by atoms with Crippen LogP contribution in [0.5, 0.6) is 0 Å². The van der Waals surface area contributed by atoms with Crippen molar-refractivity contribution >= 4 is 22.6 Å². The first kappa shape index (κ1) is 17.0. The maximum absolute atomic E-state index is 3.71. The van der Waals surface area contributed by atoms with Gasteiger partial charge < -0.3 is 5.32 Å². The van der Waals surface area contributed by atoms with Crippen LogP contribution in [0.25, 0.3) is 0 Å². The van der Waals surface area contributed by atoms with Gasteiger partial charge in [-0.2, -0.15) is 0 Å². The predicted molar refractivity (Wildman–Crippen MR) is 93.7 cm³/mol. The molecule has 0 amide bonds. The van der Waals surface area contributed by atoms with Crippen LogP contribution in [0.3, 0.4) is 0 Å². The van der Waals surface area contributed by atoms with Crippen LogP contribution >= 0.6 is 22.6 Å². The minimum atomic E-state index is 0.650. The SMILES string of the molecule is CCCCCCC(Cc1ccc(I)cc1)NCCC. The summed E-state index contributed by atoms with van der Waals surface area (Å²) < 4.78 is 1.32. The molecule has 0 saturated carbocycles. The molecule has 1 atom stereocenters. The van der Waals surface area contributed by atoms with E-state index in [0.717, 1.165) is 6.54 Å². The van der Waals surface area contributed by atoms with Gasteiger partial charge in [-0.25, -0.2) is 0 Å². The number of benzene rings is 1. The Bertz CT molecular complexity index is 321. The van der Waals surface area contributed by atoms with Gasteiger partial charge in [0.2, 0.25) is 0 Å². The summed E-state index contributed by atoms with van der Waals surface area (Å²) in [4.78, 5) is 0. The zero-order valence-corrected chi connectivity index (χ0v) is 14.6. The highest BCUT2D eigenvalue weighted by atomic mass is 127. The number of rotatable bonds is 10. The van der Waals surface area contributed by atoms with E-state index in [1.54, 1.807) is 0 Å². The monoisotopic (exact) mass is 373 g/mol. The van der Waals surface area contributed by atoms with Crippen molar-refractivity contribution in [2.24, 2.45) is 0 Å². The van der Waals surface area contributed by atoms with Crippen molar-refractivity contribution in [2.75, 3.05) is 6.54 Å². The van der Waals surface area contributed by atoms with E-state index in [-0.39, 0.29) is 0 Å². The average molecular weight is 373 g/mol. The smallest absolute Gasteiger partial charge is 0.0130 e. The van der Waals surface area contributed by atoms with Crippen LogP contribution < -0.4 is 5.32 Å². The minimum absolute atomic E-state index is 0.650. The number of nitrogens with one attached hydrogen (secondary N) is 1. The van der Waals surface area contributed by atoms with Gasteiger partial charge in [-0.15, -0.1) is 0 Å². The molecule has 0 bridgehead atoms. The molecule has 1 rings (SSSR count). The third kappa shape index (κ3) is 7.93. The Labute approximate surface area is 132 Å². The van der Waals surface area contributed by atoms with Crippen molar-refractivity contribution in [3.63, 3.8) is 0 Å². The predicted octanol–water partition coefficient (Wildman–Crippen LogP) is 5.17. The van der Waals surface area contributed by atoms with E-state index in [1.165, 1.54) is 54.1 Å². The lowest BCUT2D eigenvalue weighted by atomic mass is 10.00. The summed E-state index contributed by atoms with van der Waals surface area (Å²) in [5, 5.41) is 3.71. The highest BCUT2D eigenvalue weighted by Gasteiger charge is 2.08. The molecule has 0 spiro atoms. The molecule has 2 heteroatoms. The number of hydrogen-bond acceptors (Lipinski definition) is 1. The average Bonchev–Trinajstić information content (AvgIpc) is 2.43. The van der Waals surface area contributed by atoms with Gasteiger partial charge in [-0.3, -0.25) is 0 Å². The summed E-state index contributed by atoms with van der Waals surface area (Å²) in [5.74, 6) is 0. The molecule has 0 fully saturated rings. The van der Waals surface area contributed by atoms with E-state index < -0.39 is 0 Å². The van der Waals surface area contributed by atoms with Crippen LogP contribution in [0.15, 0.2) is 24.3 Å². The highest BCUT2D eigenvalue weighted by molar-refractivity contribution is 14.1. The lowest BCUT2D eigenvalue weighted by molar-refractivity contribution is 0.453. The molecule has 19 heavy (non-hydrogen) atoms. The van der Waals surface area contributed by atoms with Crippen LogP contribution in [0.2, 0.25) is 0 Å². The molecule has 0 aliphatic heterocycles. The fraction of sp³-hybridized carbons (Fsp3) is 0.647. The van der Waals surface area contributed by atoms with Gasteiger partial charge in [-0.1, -0.05) is 51.7 Å². The standard InChI is InChI=1S/C17H28IN/c1-3-5-6-7-8-17(19-13-4-2)14-15-9-11-16(18)12-10-15/h9-12,17,19H,3-8,13-14H2,1-2H3. The molecule has 0 aliphatic rings. The van der Waals surface area contributed by atoms with Gasteiger partial charge in [0.05, 0.1) is 0 Å². The topological polar surface area (TPSA) is 12.0 Å². The van der Waals surface area contributed by atoms with E-state index in [1.807, 2.05) is 0 Å². The van der Waals surface area contributed by atoms with E-state index in [9.17, 15) is 0 Å². The Morgan fingerprint density at radius 3 is 2.37 bits per heavy atom.